The van der Waals surface area contributed by atoms with Crippen molar-refractivity contribution in [2.75, 3.05) is 13.1 Å². The minimum atomic E-state index is -0.949. The third-order valence-corrected chi connectivity index (χ3v) is 6.36. The second-order valence-electron chi connectivity index (χ2n) is 8.99. The highest BCUT2D eigenvalue weighted by atomic mass is 16.2. The number of hydrogen-bond acceptors (Lipinski definition) is 4. The Labute approximate surface area is 193 Å². The van der Waals surface area contributed by atoms with Crippen molar-refractivity contribution >= 4 is 23.6 Å². The molecule has 0 aliphatic carbocycles. The molecule has 1 N–H and O–H groups in total. The van der Waals surface area contributed by atoms with Gasteiger partial charge in [-0.25, -0.2) is 0 Å². The number of nitrogens with one attached hydrogen (secondary N) is 1. The molecule has 33 heavy (non-hydrogen) atoms. The smallest absolute Gasteiger partial charge is 0.262 e. The van der Waals surface area contributed by atoms with Gasteiger partial charge in [0.2, 0.25) is 11.8 Å². The lowest BCUT2D eigenvalue weighted by molar-refractivity contribution is -0.135. The van der Waals surface area contributed by atoms with Crippen LogP contribution in [0.2, 0.25) is 0 Å². The van der Waals surface area contributed by atoms with Gasteiger partial charge in [-0.2, -0.15) is 0 Å². The van der Waals surface area contributed by atoms with Crippen molar-refractivity contribution in [3.05, 3.63) is 71.3 Å². The Bertz CT molecular complexity index is 1020. The van der Waals surface area contributed by atoms with E-state index in [1.54, 1.807) is 24.3 Å². The summed E-state index contributed by atoms with van der Waals surface area (Å²) in [5, 5.41) is 3.05. The first-order valence-electron chi connectivity index (χ1n) is 11.5. The average molecular weight is 448 g/mol. The normalized spacial score (nSPS) is 17.3. The summed E-state index contributed by atoms with van der Waals surface area (Å²) in [6.45, 7) is 4.93. The highest BCUT2D eigenvalue weighted by Crippen LogP contribution is 2.26. The van der Waals surface area contributed by atoms with Gasteiger partial charge in [0.25, 0.3) is 11.8 Å². The molecule has 4 amide bonds. The summed E-state index contributed by atoms with van der Waals surface area (Å²) >= 11 is 0. The lowest BCUT2D eigenvalue weighted by Crippen LogP contribution is -2.55. The molecule has 1 saturated heterocycles. The Balaban J connectivity index is 1.51. The number of amides is 4. The van der Waals surface area contributed by atoms with Crippen LogP contribution in [0.25, 0.3) is 0 Å². The first kappa shape index (κ1) is 22.7. The molecule has 2 aromatic carbocycles. The van der Waals surface area contributed by atoms with Crippen LogP contribution in [-0.2, 0) is 16.0 Å². The van der Waals surface area contributed by atoms with Gasteiger partial charge in [-0.1, -0.05) is 56.3 Å². The molecule has 172 valence electrons. The van der Waals surface area contributed by atoms with Crippen molar-refractivity contribution in [1.82, 2.24) is 15.1 Å². The number of hydrogen-bond donors (Lipinski definition) is 1. The predicted molar refractivity (Wildman–Crippen MR) is 123 cm³/mol. The summed E-state index contributed by atoms with van der Waals surface area (Å²) in [5.74, 6) is -1.16. The quantitative estimate of drug-likeness (QED) is 0.690. The lowest BCUT2D eigenvalue weighted by atomic mass is 10.0. The second-order valence-corrected chi connectivity index (χ2v) is 8.99. The number of fused-ring (bicyclic) bond motifs is 1. The van der Waals surface area contributed by atoms with Crippen LogP contribution in [0, 0.1) is 5.92 Å². The van der Waals surface area contributed by atoms with Gasteiger partial charge in [-0.15, -0.1) is 0 Å². The fourth-order valence-electron chi connectivity index (χ4n) is 4.54. The molecule has 1 atom stereocenters. The van der Waals surface area contributed by atoms with Crippen LogP contribution in [0.5, 0.6) is 0 Å². The Hall–Kier alpha value is -3.48. The molecule has 0 saturated carbocycles. The summed E-state index contributed by atoms with van der Waals surface area (Å²) in [5.41, 5.74) is 1.52. The predicted octanol–water partition coefficient (Wildman–Crippen LogP) is 2.66. The van der Waals surface area contributed by atoms with E-state index in [4.69, 9.17) is 0 Å². The van der Waals surface area contributed by atoms with E-state index in [1.165, 1.54) is 0 Å². The SMILES string of the molecule is CC(C)C(=O)N1CCC(NC(=O)C(Cc2ccccc2)N2C(=O)c3ccccc3C2=O)CC1. The first-order chi connectivity index (χ1) is 15.9. The van der Waals surface area contributed by atoms with E-state index < -0.39 is 17.9 Å². The molecular formula is C26H29N3O4. The molecule has 4 rings (SSSR count). The lowest BCUT2D eigenvalue weighted by Gasteiger charge is -2.35. The van der Waals surface area contributed by atoms with Crippen LogP contribution in [-0.4, -0.2) is 58.6 Å². The molecular weight excluding hydrogens is 418 g/mol. The molecule has 0 aromatic heterocycles. The first-order valence-corrected chi connectivity index (χ1v) is 11.5. The topological polar surface area (TPSA) is 86.8 Å². The van der Waals surface area contributed by atoms with Gasteiger partial charge in [0.05, 0.1) is 11.1 Å². The zero-order valence-corrected chi connectivity index (χ0v) is 19.0. The van der Waals surface area contributed by atoms with E-state index in [-0.39, 0.29) is 30.2 Å². The molecule has 2 heterocycles. The molecule has 0 spiro atoms. The molecule has 0 radical (unpaired) electrons. The van der Waals surface area contributed by atoms with Gasteiger partial charge in [0.1, 0.15) is 6.04 Å². The number of likely N-dealkylation sites (tertiary alicyclic amines) is 1. The summed E-state index contributed by atoms with van der Waals surface area (Å²) in [6.07, 6.45) is 1.53. The van der Waals surface area contributed by atoms with Gasteiger partial charge >= 0.3 is 0 Å². The number of carbonyl (C=O) groups excluding carboxylic acids is 4. The summed E-state index contributed by atoms with van der Waals surface area (Å²) in [6, 6.07) is 15.0. The highest BCUT2D eigenvalue weighted by molar-refractivity contribution is 6.22. The van der Waals surface area contributed by atoms with Crippen molar-refractivity contribution in [2.24, 2.45) is 5.92 Å². The van der Waals surface area contributed by atoms with Crippen molar-refractivity contribution in [2.45, 2.75) is 45.2 Å². The van der Waals surface area contributed by atoms with Crippen LogP contribution >= 0.6 is 0 Å². The van der Waals surface area contributed by atoms with Crippen LogP contribution in [0.15, 0.2) is 54.6 Å². The Morgan fingerprint density at radius 1 is 0.909 bits per heavy atom. The maximum Gasteiger partial charge on any atom is 0.262 e. The molecule has 0 bridgehead atoms. The molecule has 1 fully saturated rings. The summed E-state index contributed by atoms with van der Waals surface area (Å²) in [4.78, 5) is 54.8. The van der Waals surface area contributed by atoms with Gasteiger partial charge in [0, 0.05) is 31.5 Å². The van der Waals surface area contributed by atoms with E-state index in [1.807, 2.05) is 49.1 Å². The van der Waals surface area contributed by atoms with E-state index >= 15 is 0 Å². The minimum absolute atomic E-state index is 0.0554. The number of piperidine rings is 1. The standard InChI is InChI=1S/C26H29N3O4/c1-17(2)24(31)28-14-12-19(13-15-28)27-23(30)22(16-18-8-4-3-5-9-18)29-25(32)20-10-6-7-11-21(20)26(29)33/h3-11,17,19,22H,12-16H2,1-2H3,(H,27,30). The van der Waals surface area contributed by atoms with Gasteiger partial charge in [-0.3, -0.25) is 24.1 Å². The summed E-state index contributed by atoms with van der Waals surface area (Å²) < 4.78 is 0. The number of rotatable bonds is 6. The number of carbonyl (C=O) groups is 4. The monoisotopic (exact) mass is 447 g/mol. The summed E-state index contributed by atoms with van der Waals surface area (Å²) in [7, 11) is 0. The van der Waals surface area contributed by atoms with Crippen molar-refractivity contribution < 1.29 is 19.2 Å². The fraction of sp³-hybridized carbons (Fsp3) is 0.385. The molecule has 2 aliphatic rings. The molecule has 2 aromatic rings. The van der Waals surface area contributed by atoms with Gasteiger partial charge < -0.3 is 10.2 Å². The zero-order valence-electron chi connectivity index (χ0n) is 19.0. The molecule has 1 unspecified atom stereocenters. The van der Waals surface area contributed by atoms with Crippen LogP contribution in [0.4, 0.5) is 0 Å². The number of benzene rings is 2. The van der Waals surface area contributed by atoms with E-state index in [9.17, 15) is 19.2 Å². The van der Waals surface area contributed by atoms with E-state index in [0.29, 0.717) is 37.1 Å². The molecule has 7 heteroatoms. The molecule has 2 aliphatic heterocycles. The van der Waals surface area contributed by atoms with E-state index in [2.05, 4.69) is 5.32 Å². The third-order valence-electron chi connectivity index (χ3n) is 6.36. The van der Waals surface area contributed by atoms with Crippen molar-refractivity contribution in [3.8, 4) is 0 Å². The fourth-order valence-corrected chi connectivity index (χ4v) is 4.54. The Kier molecular flexibility index (Phi) is 6.58. The van der Waals surface area contributed by atoms with Crippen LogP contribution < -0.4 is 5.32 Å². The maximum atomic E-state index is 13.4. The van der Waals surface area contributed by atoms with Gasteiger partial charge in [0.15, 0.2) is 0 Å². The third kappa shape index (κ3) is 4.67. The Morgan fingerprint density at radius 2 is 1.45 bits per heavy atom. The highest BCUT2D eigenvalue weighted by Gasteiger charge is 2.43. The second kappa shape index (κ2) is 9.57. The zero-order chi connectivity index (χ0) is 23.5. The largest absolute Gasteiger partial charge is 0.351 e. The Morgan fingerprint density at radius 3 is 2.00 bits per heavy atom. The van der Waals surface area contributed by atoms with Crippen LogP contribution in [0.3, 0.4) is 0 Å². The maximum absolute atomic E-state index is 13.4. The van der Waals surface area contributed by atoms with Gasteiger partial charge in [-0.05, 0) is 30.5 Å². The number of nitrogens with zero attached hydrogens (tertiary/aromatic N) is 2. The van der Waals surface area contributed by atoms with Crippen LogP contribution in [0.1, 0.15) is 53.0 Å². The average Bonchev–Trinajstić information content (AvgIpc) is 3.08. The minimum Gasteiger partial charge on any atom is -0.351 e. The van der Waals surface area contributed by atoms with Crippen molar-refractivity contribution in [1.29, 1.82) is 0 Å². The van der Waals surface area contributed by atoms with E-state index in [0.717, 1.165) is 10.5 Å². The molecule has 7 nitrogen and oxygen atoms in total. The van der Waals surface area contributed by atoms with Crippen molar-refractivity contribution in [3.63, 3.8) is 0 Å². The number of imide groups is 1.